The molecule has 4 bridgehead atoms. The summed E-state index contributed by atoms with van der Waals surface area (Å²) in [7, 11) is 0. The molecule has 3 heterocycles. The highest BCUT2D eigenvalue weighted by molar-refractivity contribution is 6.02. The van der Waals surface area contributed by atoms with Crippen LogP contribution in [-0.4, -0.2) is 35.9 Å². The molecule has 0 saturated heterocycles. The fraction of sp³-hybridized carbons (Fsp3) is 0.571. The number of fused-ring (bicyclic) bond motifs is 1. The Morgan fingerprint density at radius 2 is 2.03 bits per heavy atom. The lowest BCUT2D eigenvalue weighted by Gasteiger charge is -2.60. The van der Waals surface area contributed by atoms with E-state index in [2.05, 4.69) is 30.6 Å². The smallest absolute Gasteiger partial charge is 0.231 e. The van der Waals surface area contributed by atoms with E-state index in [1.807, 2.05) is 30.9 Å². The Bertz CT molecular complexity index is 1100. The number of carbonyl (C=O) groups excluding carboxylic acids is 1. The number of rotatable bonds is 3. The van der Waals surface area contributed by atoms with Crippen LogP contribution in [0.15, 0.2) is 18.7 Å². The van der Waals surface area contributed by atoms with E-state index >= 15 is 0 Å². The van der Waals surface area contributed by atoms with Crippen molar-refractivity contribution >= 4 is 22.8 Å². The molecule has 29 heavy (non-hydrogen) atoms. The van der Waals surface area contributed by atoms with Gasteiger partial charge in [0.2, 0.25) is 5.91 Å². The maximum Gasteiger partial charge on any atom is 0.231 e. The fourth-order valence-electron chi connectivity index (χ4n) is 6.91. The molecule has 0 radical (unpaired) electrons. The molecule has 7 rings (SSSR count). The van der Waals surface area contributed by atoms with Crippen LogP contribution in [0.2, 0.25) is 0 Å². The Balaban J connectivity index is 1.36. The van der Waals surface area contributed by atoms with E-state index in [1.54, 1.807) is 6.33 Å². The van der Waals surface area contributed by atoms with Gasteiger partial charge in [0.25, 0.3) is 0 Å². The quantitative estimate of drug-likeness (QED) is 0.714. The number of hydrogen-bond donors (Lipinski definition) is 2. The molecule has 8 nitrogen and oxygen atoms in total. The minimum absolute atomic E-state index is 0.0693. The highest BCUT2D eigenvalue weighted by atomic mass is 16.2. The summed E-state index contributed by atoms with van der Waals surface area (Å²) in [6, 6.07) is 2.03. The summed E-state index contributed by atoms with van der Waals surface area (Å²) in [6.07, 6.45) is 9.65. The van der Waals surface area contributed by atoms with Gasteiger partial charge in [0.15, 0.2) is 11.5 Å². The number of H-pyrrole nitrogens is 1. The van der Waals surface area contributed by atoms with E-state index in [1.165, 1.54) is 6.42 Å². The Labute approximate surface area is 168 Å². The summed E-state index contributed by atoms with van der Waals surface area (Å²) in [5.41, 5.74) is 2.31. The molecule has 4 atom stereocenters. The van der Waals surface area contributed by atoms with Gasteiger partial charge in [0, 0.05) is 5.69 Å². The molecule has 2 unspecified atom stereocenters. The first-order chi connectivity index (χ1) is 14.0. The van der Waals surface area contributed by atoms with Crippen LogP contribution in [0.5, 0.6) is 0 Å². The van der Waals surface area contributed by atoms with Gasteiger partial charge in [-0.2, -0.15) is 10.2 Å². The van der Waals surface area contributed by atoms with Crippen LogP contribution in [0.25, 0.3) is 11.0 Å². The van der Waals surface area contributed by atoms with Crippen LogP contribution in [0, 0.1) is 31.1 Å². The third kappa shape index (κ3) is 2.41. The number of aromatic amines is 1. The van der Waals surface area contributed by atoms with Crippen molar-refractivity contribution in [1.82, 2.24) is 29.9 Å². The van der Waals surface area contributed by atoms with Gasteiger partial charge in [-0.25, -0.2) is 14.6 Å². The van der Waals surface area contributed by atoms with Gasteiger partial charge >= 0.3 is 0 Å². The molecule has 3 aromatic rings. The average molecular weight is 391 g/mol. The number of amides is 1. The highest BCUT2D eigenvalue weighted by Crippen LogP contribution is 2.64. The summed E-state index contributed by atoms with van der Waals surface area (Å²) in [6.45, 7) is 4.00. The minimum atomic E-state index is -0.354. The summed E-state index contributed by atoms with van der Waals surface area (Å²) in [4.78, 5) is 22.4. The maximum atomic E-state index is 13.7. The number of pyridine rings is 1. The van der Waals surface area contributed by atoms with Crippen LogP contribution in [0.4, 0.5) is 5.82 Å². The van der Waals surface area contributed by atoms with Gasteiger partial charge in [0.1, 0.15) is 12.7 Å². The Morgan fingerprint density at radius 3 is 2.76 bits per heavy atom. The standard InChI is InChI=1S/C21H25N7O/c1-12-3-13(2)24-17-16(12)18(27-26-17)25-19(29)20-5-14-4-15(6-20)8-21(7-14,9-20)28-11-22-10-23-28/h3,10-11,14-15H,4-9H2,1-2H3,(H2,24,25,26,27,29)/t14-,15+,20?,21?. The van der Waals surface area contributed by atoms with E-state index in [0.717, 1.165) is 54.4 Å². The molecular weight excluding hydrogens is 366 g/mol. The predicted molar refractivity (Wildman–Crippen MR) is 107 cm³/mol. The van der Waals surface area contributed by atoms with Crippen molar-refractivity contribution in [3.63, 3.8) is 0 Å². The lowest BCUT2D eigenvalue weighted by atomic mass is 9.46. The molecule has 2 N–H and O–H groups in total. The second-order valence-corrected chi connectivity index (χ2v) is 9.64. The number of anilines is 1. The minimum Gasteiger partial charge on any atom is -0.308 e. The highest BCUT2D eigenvalue weighted by Gasteiger charge is 2.61. The number of nitrogens with one attached hydrogen (secondary N) is 2. The number of hydrogen-bond acceptors (Lipinski definition) is 5. The van der Waals surface area contributed by atoms with Crippen LogP contribution in [0.3, 0.4) is 0 Å². The van der Waals surface area contributed by atoms with Gasteiger partial charge in [-0.3, -0.25) is 9.89 Å². The van der Waals surface area contributed by atoms with Crippen molar-refractivity contribution in [3.8, 4) is 0 Å². The summed E-state index contributed by atoms with van der Waals surface area (Å²) in [5, 5.41) is 15.9. The first kappa shape index (κ1) is 17.1. The van der Waals surface area contributed by atoms with Gasteiger partial charge in [0.05, 0.1) is 16.3 Å². The van der Waals surface area contributed by atoms with Gasteiger partial charge in [-0.15, -0.1) is 0 Å². The summed E-state index contributed by atoms with van der Waals surface area (Å²) < 4.78 is 2.04. The number of aromatic nitrogens is 6. The lowest BCUT2D eigenvalue weighted by Crippen LogP contribution is -2.60. The SMILES string of the molecule is Cc1cc(C)c2c(NC(=O)C34C[C@H]5C[C@@H](C3)CC(n3cncn3)(C5)C4)n[nH]c2n1. The zero-order valence-corrected chi connectivity index (χ0v) is 16.8. The fourth-order valence-corrected chi connectivity index (χ4v) is 6.91. The van der Waals surface area contributed by atoms with Gasteiger partial charge in [-0.05, 0) is 75.8 Å². The Hall–Kier alpha value is -2.77. The van der Waals surface area contributed by atoms with Crippen molar-refractivity contribution in [3.05, 3.63) is 30.0 Å². The number of aryl methyl sites for hydroxylation is 2. The van der Waals surface area contributed by atoms with Crippen molar-refractivity contribution in [2.75, 3.05) is 5.32 Å². The van der Waals surface area contributed by atoms with Crippen molar-refractivity contribution in [2.45, 2.75) is 57.9 Å². The molecule has 4 aliphatic rings. The van der Waals surface area contributed by atoms with E-state index in [9.17, 15) is 4.79 Å². The van der Waals surface area contributed by atoms with E-state index in [0.29, 0.717) is 17.7 Å². The second kappa shape index (κ2) is 5.64. The van der Waals surface area contributed by atoms with Crippen molar-refractivity contribution < 1.29 is 4.79 Å². The lowest BCUT2D eigenvalue weighted by molar-refractivity contribution is -0.150. The third-order valence-electron chi connectivity index (χ3n) is 7.50. The third-order valence-corrected chi connectivity index (χ3v) is 7.50. The topological polar surface area (TPSA) is 101 Å². The zero-order valence-electron chi connectivity index (χ0n) is 16.8. The molecule has 150 valence electrons. The van der Waals surface area contributed by atoms with E-state index in [4.69, 9.17) is 0 Å². The predicted octanol–water partition coefficient (Wildman–Crippen LogP) is 3.10. The second-order valence-electron chi connectivity index (χ2n) is 9.64. The Kier molecular flexibility index (Phi) is 3.33. The summed E-state index contributed by atoms with van der Waals surface area (Å²) >= 11 is 0. The molecule has 4 saturated carbocycles. The zero-order chi connectivity index (χ0) is 19.8. The van der Waals surface area contributed by atoms with Crippen LogP contribution in [-0.2, 0) is 10.3 Å². The normalized spacial score (nSPS) is 32.8. The Morgan fingerprint density at radius 1 is 1.24 bits per heavy atom. The number of carbonyl (C=O) groups is 1. The summed E-state index contributed by atoms with van der Waals surface area (Å²) in [5.74, 6) is 1.85. The van der Waals surface area contributed by atoms with E-state index in [-0.39, 0.29) is 16.9 Å². The number of nitrogens with zero attached hydrogens (tertiary/aromatic N) is 5. The molecule has 3 aromatic heterocycles. The average Bonchev–Trinajstić information content (AvgIpc) is 3.31. The largest absolute Gasteiger partial charge is 0.308 e. The maximum absolute atomic E-state index is 13.7. The van der Waals surface area contributed by atoms with Crippen LogP contribution < -0.4 is 5.32 Å². The van der Waals surface area contributed by atoms with Gasteiger partial charge in [-0.1, -0.05) is 0 Å². The molecule has 0 aromatic carbocycles. The van der Waals surface area contributed by atoms with Crippen molar-refractivity contribution in [2.24, 2.45) is 17.3 Å². The van der Waals surface area contributed by atoms with E-state index < -0.39 is 0 Å². The molecule has 0 spiro atoms. The van der Waals surface area contributed by atoms with Crippen LogP contribution >= 0.6 is 0 Å². The molecule has 0 aliphatic heterocycles. The molecule has 4 fully saturated rings. The molecule has 4 aliphatic carbocycles. The molecule has 1 amide bonds. The monoisotopic (exact) mass is 391 g/mol. The first-order valence-electron chi connectivity index (χ1n) is 10.5. The van der Waals surface area contributed by atoms with Crippen LogP contribution in [0.1, 0.15) is 49.8 Å². The molecular formula is C21H25N7O. The molecule has 8 heteroatoms. The first-order valence-corrected chi connectivity index (χ1v) is 10.5. The van der Waals surface area contributed by atoms with Crippen molar-refractivity contribution in [1.29, 1.82) is 0 Å². The van der Waals surface area contributed by atoms with Gasteiger partial charge < -0.3 is 5.32 Å².